The molecule has 1 N–H and O–H groups in total. The molecule has 0 aliphatic carbocycles. The number of hydrogen-bond acceptors (Lipinski definition) is 4. The molecule has 0 spiro atoms. The Morgan fingerprint density at radius 2 is 1.51 bits per heavy atom. The summed E-state index contributed by atoms with van der Waals surface area (Å²) in [5, 5.41) is 2.99. The normalized spacial score (nSPS) is 13.2. The van der Waals surface area contributed by atoms with Crippen LogP contribution in [0.3, 0.4) is 0 Å². The van der Waals surface area contributed by atoms with Gasteiger partial charge in [-0.25, -0.2) is 4.31 Å². The quantitative estimate of drug-likeness (QED) is 0.450. The van der Waals surface area contributed by atoms with Crippen molar-refractivity contribution in [3.63, 3.8) is 0 Å². The molecule has 0 heterocycles. The van der Waals surface area contributed by atoms with Crippen molar-refractivity contribution in [2.45, 2.75) is 73.0 Å². The van der Waals surface area contributed by atoms with Crippen LogP contribution in [0.2, 0.25) is 0 Å². The van der Waals surface area contributed by atoms with E-state index in [1.807, 2.05) is 77.9 Å². The second kappa shape index (κ2) is 13.1. The highest BCUT2D eigenvalue weighted by atomic mass is 32.2. The van der Waals surface area contributed by atoms with E-state index in [1.54, 1.807) is 6.07 Å². The standard InChI is InChI=1S/C28H42N4O4S/c1-9-23(6)29-28(34)25(10-2)31(18-24-15-12-20(3)13-16-24)27(33)19-32(37(35,36)30(7)8)26-17-21(4)11-14-22(26)5/h11-17,23,25H,9-10,18-19H2,1-8H3,(H,29,34). The number of amides is 2. The number of hydrogen-bond donors (Lipinski definition) is 1. The maximum Gasteiger partial charge on any atom is 0.304 e. The van der Waals surface area contributed by atoms with Gasteiger partial charge in [-0.1, -0.05) is 55.8 Å². The highest BCUT2D eigenvalue weighted by molar-refractivity contribution is 7.90. The highest BCUT2D eigenvalue weighted by Gasteiger charge is 2.34. The molecule has 0 radical (unpaired) electrons. The van der Waals surface area contributed by atoms with E-state index in [9.17, 15) is 18.0 Å². The van der Waals surface area contributed by atoms with E-state index in [0.717, 1.165) is 37.3 Å². The van der Waals surface area contributed by atoms with Crippen molar-refractivity contribution in [2.24, 2.45) is 0 Å². The summed E-state index contributed by atoms with van der Waals surface area (Å²) in [7, 11) is -1.11. The third kappa shape index (κ3) is 7.79. The fourth-order valence-electron chi connectivity index (χ4n) is 3.94. The number of carbonyl (C=O) groups is 2. The zero-order chi connectivity index (χ0) is 27.9. The second-order valence-electron chi connectivity index (χ2n) is 9.84. The first kappa shape index (κ1) is 30.3. The van der Waals surface area contributed by atoms with Gasteiger partial charge in [-0.2, -0.15) is 12.7 Å². The van der Waals surface area contributed by atoms with Gasteiger partial charge in [0.1, 0.15) is 12.6 Å². The van der Waals surface area contributed by atoms with Gasteiger partial charge in [-0.15, -0.1) is 0 Å². The van der Waals surface area contributed by atoms with E-state index in [-0.39, 0.29) is 18.5 Å². The molecule has 2 aromatic rings. The third-order valence-electron chi connectivity index (χ3n) is 6.51. The Kier molecular flexibility index (Phi) is 10.7. The number of nitrogens with one attached hydrogen (secondary N) is 1. The Hall–Kier alpha value is -2.91. The summed E-state index contributed by atoms with van der Waals surface area (Å²) in [5.74, 6) is -0.691. The third-order valence-corrected chi connectivity index (χ3v) is 8.32. The van der Waals surface area contributed by atoms with Gasteiger partial charge < -0.3 is 10.2 Å². The van der Waals surface area contributed by atoms with E-state index < -0.39 is 28.7 Å². The predicted molar refractivity (Wildman–Crippen MR) is 150 cm³/mol. The Labute approximate surface area is 222 Å². The summed E-state index contributed by atoms with van der Waals surface area (Å²) in [6.45, 7) is 11.2. The topological polar surface area (TPSA) is 90.0 Å². The summed E-state index contributed by atoms with van der Waals surface area (Å²) < 4.78 is 29.1. The molecule has 2 unspecified atom stereocenters. The first-order chi connectivity index (χ1) is 17.3. The molecule has 0 bridgehead atoms. The molecular formula is C28H42N4O4S. The van der Waals surface area contributed by atoms with Gasteiger partial charge in [0.2, 0.25) is 11.8 Å². The molecule has 0 aromatic heterocycles. The molecule has 0 fully saturated rings. The van der Waals surface area contributed by atoms with E-state index in [4.69, 9.17) is 0 Å². The zero-order valence-electron chi connectivity index (χ0n) is 23.4. The Morgan fingerprint density at radius 3 is 2.05 bits per heavy atom. The lowest BCUT2D eigenvalue weighted by atomic mass is 10.1. The van der Waals surface area contributed by atoms with Gasteiger partial charge in [0.25, 0.3) is 0 Å². The van der Waals surface area contributed by atoms with E-state index >= 15 is 0 Å². The largest absolute Gasteiger partial charge is 0.352 e. The van der Waals surface area contributed by atoms with Crippen LogP contribution in [-0.4, -0.2) is 62.2 Å². The fourth-order valence-corrected chi connectivity index (χ4v) is 5.05. The van der Waals surface area contributed by atoms with Crippen LogP contribution < -0.4 is 9.62 Å². The van der Waals surface area contributed by atoms with E-state index in [0.29, 0.717) is 12.1 Å². The molecule has 2 amide bonds. The first-order valence-electron chi connectivity index (χ1n) is 12.7. The van der Waals surface area contributed by atoms with Crippen LogP contribution in [0.5, 0.6) is 0 Å². The summed E-state index contributed by atoms with van der Waals surface area (Å²) in [6, 6.07) is 12.5. The summed E-state index contributed by atoms with van der Waals surface area (Å²) >= 11 is 0. The molecule has 9 heteroatoms. The minimum Gasteiger partial charge on any atom is -0.352 e. The SMILES string of the molecule is CCC(C)NC(=O)C(CC)N(Cc1ccc(C)cc1)C(=O)CN(c1cc(C)ccc1C)S(=O)(=O)N(C)C. The average Bonchev–Trinajstić information content (AvgIpc) is 2.84. The van der Waals surface area contributed by atoms with Crippen LogP contribution in [0.15, 0.2) is 42.5 Å². The maximum atomic E-state index is 13.9. The van der Waals surface area contributed by atoms with Crippen molar-refractivity contribution in [2.75, 3.05) is 24.9 Å². The van der Waals surface area contributed by atoms with Gasteiger partial charge in [0.05, 0.1) is 5.69 Å². The monoisotopic (exact) mass is 530 g/mol. The Bertz CT molecular complexity index is 1180. The minimum absolute atomic E-state index is 0.0431. The van der Waals surface area contributed by atoms with Crippen LogP contribution >= 0.6 is 0 Å². The summed E-state index contributed by atoms with van der Waals surface area (Å²) in [6.07, 6.45) is 1.15. The van der Waals surface area contributed by atoms with Crippen molar-refractivity contribution < 1.29 is 18.0 Å². The molecule has 0 saturated carbocycles. The zero-order valence-corrected chi connectivity index (χ0v) is 24.2. The van der Waals surface area contributed by atoms with Gasteiger partial charge in [-0.3, -0.25) is 9.59 Å². The molecule has 0 aliphatic heterocycles. The first-order valence-corrected chi connectivity index (χ1v) is 14.1. The number of aryl methyl sites for hydroxylation is 3. The Balaban J connectivity index is 2.55. The van der Waals surface area contributed by atoms with Crippen molar-refractivity contribution in [3.05, 3.63) is 64.7 Å². The smallest absolute Gasteiger partial charge is 0.304 e. The lowest BCUT2D eigenvalue weighted by molar-refractivity contribution is -0.140. The minimum atomic E-state index is -4.00. The number of nitrogens with zero attached hydrogens (tertiary/aromatic N) is 3. The molecule has 0 aliphatic rings. The van der Waals surface area contributed by atoms with Gasteiger partial charge in [-0.05, 0) is 63.3 Å². The van der Waals surface area contributed by atoms with Crippen LogP contribution in [0.25, 0.3) is 0 Å². The lowest BCUT2D eigenvalue weighted by Crippen LogP contribution is -2.54. The van der Waals surface area contributed by atoms with Crippen LogP contribution in [0, 0.1) is 20.8 Å². The van der Waals surface area contributed by atoms with Crippen molar-refractivity contribution in [3.8, 4) is 0 Å². The van der Waals surface area contributed by atoms with E-state index in [2.05, 4.69) is 5.32 Å². The van der Waals surface area contributed by atoms with Crippen LogP contribution in [0.4, 0.5) is 5.69 Å². The molecule has 2 rings (SSSR count). The number of anilines is 1. The van der Waals surface area contributed by atoms with Gasteiger partial charge >= 0.3 is 10.2 Å². The van der Waals surface area contributed by atoms with Gasteiger partial charge in [0, 0.05) is 26.7 Å². The molecule has 0 saturated heterocycles. The molecule has 8 nitrogen and oxygen atoms in total. The number of rotatable bonds is 12. The number of carbonyl (C=O) groups excluding carboxylic acids is 2. The van der Waals surface area contributed by atoms with Crippen LogP contribution in [-0.2, 0) is 26.3 Å². The molecule has 2 atom stereocenters. The summed E-state index contributed by atoms with van der Waals surface area (Å²) in [5.41, 5.74) is 4.00. The second-order valence-corrected chi connectivity index (χ2v) is 11.9. The van der Waals surface area contributed by atoms with Crippen molar-refractivity contribution in [1.82, 2.24) is 14.5 Å². The molecule has 37 heavy (non-hydrogen) atoms. The maximum absolute atomic E-state index is 13.9. The Morgan fingerprint density at radius 1 is 0.919 bits per heavy atom. The van der Waals surface area contributed by atoms with Crippen molar-refractivity contribution in [1.29, 1.82) is 0 Å². The highest BCUT2D eigenvalue weighted by Crippen LogP contribution is 2.26. The fraction of sp³-hybridized carbons (Fsp3) is 0.500. The predicted octanol–water partition coefficient (Wildman–Crippen LogP) is 3.95. The average molecular weight is 531 g/mol. The summed E-state index contributed by atoms with van der Waals surface area (Å²) in [4.78, 5) is 28.7. The van der Waals surface area contributed by atoms with E-state index in [1.165, 1.54) is 19.0 Å². The van der Waals surface area contributed by atoms with Gasteiger partial charge in [0.15, 0.2) is 0 Å². The molecule has 204 valence electrons. The molecule has 2 aromatic carbocycles. The lowest BCUT2D eigenvalue weighted by Gasteiger charge is -2.34. The molecular weight excluding hydrogens is 488 g/mol. The van der Waals surface area contributed by atoms with Crippen LogP contribution in [0.1, 0.15) is 55.9 Å². The number of benzene rings is 2. The van der Waals surface area contributed by atoms with Crippen molar-refractivity contribution >= 4 is 27.7 Å².